The lowest BCUT2D eigenvalue weighted by atomic mass is 9.76. The van der Waals surface area contributed by atoms with Crippen molar-refractivity contribution < 1.29 is 71.1 Å². The molecule has 6 rings (SSSR count). The van der Waals surface area contributed by atoms with Crippen molar-refractivity contribution in [2.24, 2.45) is 0 Å². The molecule has 1 atom stereocenters. The van der Waals surface area contributed by atoms with Crippen molar-refractivity contribution in [2.45, 2.75) is 84.8 Å². The van der Waals surface area contributed by atoms with Crippen LogP contribution in [0.2, 0.25) is 0 Å². The highest BCUT2D eigenvalue weighted by atomic mass is 32.2. The van der Waals surface area contributed by atoms with Gasteiger partial charge in [0.1, 0.15) is 36.9 Å². The topological polar surface area (TPSA) is 282 Å². The van der Waals surface area contributed by atoms with Gasteiger partial charge in [0, 0.05) is 72.1 Å². The van der Waals surface area contributed by atoms with Crippen LogP contribution < -0.4 is 4.90 Å². The van der Waals surface area contributed by atoms with Crippen LogP contribution in [0.25, 0.3) is 21.5 Å². The molecule has 0 aromatic heterocycles. The zero-order valence-corrected chi connectivity index (χ0v) is 39.1. The van der Waals surface area contributed by atoms with Gasteiger partial charge in [-0.2, -0.15) is 4.58 Å². The highest BCUT2D eigenvalue weighted by Crippen LogP contribution is 2.53. The van der Waals surface area contributed by atoms with Crippen LogP contribution in [0, 0.1) is 0 Å². The second-order valence-corrected chi connectivity index (χ2v) is 22.3. The van der Waals surface area contributed by atoms with E-state index in [4.69, 9.17) is 4.74 Å². The number of ether oxygens (including phenoxy) is 1. The second kappa shape index (κ2) is 18.4. The first-order chi connectivity index (χ1) is 30.2. The number of rotatable bonds is 19. The van der Waals surface area contributed by atoms with Crippen molar-refractivity contribution in [3.63, 3.8) is 0 Å². The molecule has 0 radical (unpaired) electrons. The summed E-state index contributed by atoms with van der Waals surface area (Å²) in [5.74, 6) is -1.60. The Morgan fingerprint density at radius 3 is 2.06 bits per heavy atom. The molecule has 350 valence electrons. The summed E-state index contributed by atoms with van der Waals surface area (Å²) in [6.07, 6.45) is 10.3. The third kappa shape index (κ3) is 10.4. The van der Waals surface area contributed by atoms with Crippen LogP contribution in [-0.2, 0) is 60.8 Å². The van der Waals surface area contributed by atoms with E-state index in [2.05, 4.69) is 0 Å². The lowest BCUT2D eigenvalue weighted by molar-refractivity contribution is -0.438. The normalized spacial score (nSPS) is 18.5. The van der Waals surface area contributed by atoms with E-state index >= 15 is 0 Å². The molecule has 17 nitrogen and oxygen atoms in total. The largest absolute Gasteiger partial charge is 0.748 e. The van der Waals surface area contributed by atoms with Crippen molar-refractivity contribution >= 4 is 85.1 Å². The third-order valence-electron chi connectivity index (χ3n) is 12.0. The van der Waals surface area contributed by atoms with Gasteiger partial charge in [-0.3, -0.25) is 4.79 Å². The molecular formula is C44H47N2O15S4-3. The minimum atomic E-state index is -5.25. The molecule has 2 heterocycles. The number of methoxy groups -OCH3 is 1. The van der Waals surface area contributed by atoms with Gasteiger partial charge in [-0.1, -0.05) is 30.4 Å². The average Bonchev–Trinajstić information content (AvgIpc) is 3.56. The molecule has 4 aromatic carbocycles. The summed E-state index contributed by atoms with van der Waals surface area (Å²) in [7, 11) is -18.4. The number of fused-ring (bicyclic) bond motifs is 6. The van der Waals surface area contributed by atoms with Gasteiger partial charge in [-0.15, -0.1) is 0 Å². The molecule has 0 fully saturated rings. The summed E-state index contributed by atoms with van der Waals surface area (Å²) >= 11 is 0. The molecule has 0 saturated heterocycles. The molecule has 2 aliphatic rings. The van der Waals surface area contributed by atoms with Gasteiger partial charge >= 0.3 is 5.97 Å². The van der Waals surface area contributed by atoms with E-state index in [1.54, 1.807) is 42.5 Å². The van der Waals surface area contributed by atoms with Gasteiger partial charge in [0.2, 0.25) is 5.69 Å². The number of benzene rings is 4. The quantitative estimate of drug-likeness (QED) is 0.0527. The number of carboxylic acids is 1. The maximum atomic E-state index is 12.4. The van der Waals surface area contributed by atoms with E-state index in [1.807, 2.05) is 36.3 Å². The van der Waals surface area contributed by atoms with Gasteiger partial charge in [-0.05, 0) is 111 Å². The van der Waals surface area contributed by atoms with Crippen LogP contribution in [-0.4, -0.2) is 106 Å². The monoisotopic (exact) mass is 971 g/mol. The second-order valence-electron chi connectivity index (χ2n) is 16.7. The maximum Gasteiger partial charge on any atom is 0.303 e. The van der Waals surface area contributed by atoms with Crippen molar-refractivity contribution in [3.05, 3.63) is 102 Å². The Labute approximate surface area is 378 Å². The number of aliphatic carboxylic acids is 1. The summed E-state index contributed by atoms with van der Waals surface area (Å²) in [5, 5.41) is 10.3. The number of hydrogen-bond donors (Lipinski definition) is 1. The van der Waals surface area contributed by atoms with Crippen LogP contribution >= 0.6 is 0 Å². The number of unbranched alkanes of at least 4 members (excludes halogenated alkanes) is 2. The molecule has 1 unspecified atom stereocenters. The predicted molar refractivity (Wildman–Crippen MR) is 237 cm³/mol. The lowest BCUT2D eigenvalue weighted by Gasteiger charge is -2.31. The molecule has 21 heteroatoms. The van der Waals surface area contributed by atoms with Crippen LogP contribution in [0.3, 0.4) is 0 Å². The van der Waals surface area contributed by atoms with Crippen molar-refractivity contribution in [2.75, 3.05) is 37.5 Å². The van der Waals surface area contributed by atoms with Crippen LogP contribution in [0.1, 0.15) is 70.4 Å². The smallest absolute Gasteiger partial charge is 0.303 e. The minimum Gasteiger partial charge on any atom is -0.748 e. The number of hydrogen-bond acceptors (Lipinski definition) is 15. The summed E-state index contributed by atoms with van der Waals surface area (Å²) < 4.78 is 153. The van der Waals surface area contributed by atoms with Crippen LogP contribution in [0.15, 0.2) is 105 Å². The number of allylic oxidation sites excluding steroid dienone is 6. The molecule has 0 amide bonds. The fraction of sp³-hybridized carbons (Fsp3) is 0.364. The minimum absolute atomic E-state index is 0.0353. The summed E-state index contributed by atoms with van der Waals surface area (Å²) in [5.41, 5.74) is 1.58. The van der Waals surface area contributed by atoms with Gasteiger partial charge in [0.25, 0.3) is 0 Å². The number of carbonyl (C=O) groups is 1. The van der Waals surface area contributed by atoms with Crippen molar-refractivity contribution in [1.29, 1.82) is 0 Å². The van der Waals surface area contributed by atoms with E-state index in [0.717, 1.165) is 6.07 Å². The van der Waals surface area contributed by atoms with Gasteiger partial charge in [0.15, 0.2) is 5.71 Å². The Bertz CT molecular complexity index is 3170. The maximum absolute atomic E-state index is 12.4. The van der Waals surface area contributed by atoms with Crippen LogP contribution in [0.4, 0.5) is 11.4 Å². The molecule has 0 bridgehead atoms. The van der Waals surface area contributed by atoms with E-state index in [-0.39, 0.29) is 36.6 Å². The Morgan fingerprint density at radius 1 is 0.754 bits per heavy atom. The van der Waals surface area contributed by atoms with E-state index in [1.165, 1.54) is 31.4 Å². The highest BCUT2D eigenvalue weighted by molar-refractivity contribution is 7.87. The van der Waals surface area contributed by atoms with Gasteiger partial charge in [0.05, 0.1) is 36.8 Å². The molecular weight excluding hydrogens is 925 g/mol. The third-order valence-corrected chi connectivity index (χ3v) is 15.3. The lowest BCUT2D eigenvalue weighted by Crippen LogP contribution is -2.31. The van der Waals surface area contributed by atoms with E-state index in [0.29, 0.717) is 83.1 Å². The first-order valence-corrected chi connectivity index (χ1v) is 26.2. The van der Waals surface area contributed by atoms with Gasteiger partial charge < -0.3 is 33.0 Å². The number of carboxylic acid groups (broad SMARTS) is 1. The number of anilines is 1. The molecule has 65 heavy (non-hydrogen) atoms. The molecule has 1 N–H and O–H groups in total. The Hall–Kier alpha value is -4.84. The highest BCUT2D eigenvalue weighted by Gasteiger charge is 2.46. The first kappa shape index (κ1) is 49.6. The van der Waals surface area contributed by atoms with Crippen molar-refractivity contribution in [3.8, 4) is 0 Å². The molecule has 4 aromatic rings. The average molecular weight is 972 g/mol. The van der Waals surface area contributed by atoms with E-state index in [9.17, 15) is 61.8 Å². The zero-order valence-electron chi connectivity index (χ0n) is 35.8. The standard InChI is InChI=1S/C44H50N2O15S4/c1-43(2)38(45(22-10-6-9-14-40(47)48)35-20-18-32-34(41(35)43)27-31(64(55,56)57)28-37(32)65(58,59)60)12-7-5-8-13-39-44(3,21-11-25-62(49,50)51)42-33-26-30(63(52,53)54)17-15-29(33)16-19-36(42)46(39)23-24-61-4/h5,7-8,12-13,15-20,26-28H,6,9-11,14,21-25H2,1-4H3,(H4-,47,48,49,50,51,52,53,54,55,56,57,58,59,60)/p-3. The molecule has 2 aliphatic heterocycles. The first-order valence-electron chi connectivity index (χ1n) is 20.4. The Morgan fingerprint density at radius 2 is 1.43 bits per heavy atom. The Kier molecular flexibility index (Phi) is 14.1. The molecule has 0 saturated carbocycles. The molecule has 0 aliphatic carbocycles. The number of nitrogens with zero attached hydrogens (tertiary/aromatic N) is 2. The van der Waals surface area contributed by atoms with E-state index < -0.39 is 77.7 Å². The summed E-state index contributed by atoms with van der Waals surface area (Å²) in [6, 6.07) is 12.3. The summed E-state index contributed by atoms with van der Waals surface area (Å²) in [6.45, 7) is 6.39. The molecule has 0 spiro atoms. The van der Waals surface area contributed by atoms with Crippen molar-refractivity contribution in [1.82, 2.24) is 0 Å². The van der Waals surface area contributed by atoms with Gasteiger partial charge in [-0.25, -0.2) is 33.7 Å². The zero-order chi connectivity index (χ0) is 47.9. The summed E-state index contributed by atoms with van der Waals surface area (Å²) in [4.78, 5) is 11.0. The predicted octanol–water partition coefficient (Wildman–Crippen LogP) is 5.47. The van der Waals surface area contributed by atoms with Crippen LogP contribution in [0.5, 0.6) is 0 Å². The SMILES string of the molecule is COCCN1/C(=C/C=C/C=C/C2=[N+](CCCCCC(=O)O)c3ccc4c(S(=O)(=O)[O-])cc(S(=O)(=O)[O-])cc4c3C2(C)C)C(C)(CCCS(=O)(=O)[O-])c2c1ccc1ccc(S(=O)(=O)[O-])cc21. The Balaban J connectivity index is 1.48. The fourth-order valence-corrected chi connectivity index (χ4v) is 11.5. The fourth-order valence-electron chi connectivity index (χ4n) is 9.17.